The molecule has 1 aliphatic carbocycles. The van der Waals surface area contributed by atoms with Gasteiger partial charge in [0, 0.05) is 19.3 Å². The van der Waals surface area contributed by atoms with E-state index >= 15 is 0 Å². The lowest BCUT2D eigenvalue weighted by Gasteiger charge is -2.30. The maximum Gasteiger partial charge on any atom is 0.160 e. The van der Waals surface area contributed by atoms with Crippen molar-refractivity contribution in [2.24, 2.45) is 0 Å². The lowest BCUT2D eigenvalue weighted by Crippen LogP contribution is -2.43. The largest absolute Gasteiger partial charge is 0.346 e. The van der Waals surface area contributed by atoms with Crippen LogP contribution in [-0.2, 0) is 0 Å². The van der Waals surface area contributed by atoms with Gasteiger partial charge in [-0.15, -0.1) is 0 Å². The average molecular weight is 217 g/mol. The fourth-order valence-corrected chi connectivity index (χ4v) is 3.33. The quantitative estimate of drug-likeness (QED) is 0.617. The maximum absolute atomic E-state index is 3.92. The molecule has 86 valence electrons. The molecule has 2 aliphatic heterocycles. The molecule has 16 heavy (non-hydrogen) atoms. The predicted octanol–water partition coefficient (Wildman–Crippen LogP) is 1.58. The highest BCUT2D eigenvalue weighted by molar-refractivity contribution is 5.27. The second-order valence-corrected chi connectivity index (χ2v) is 4.91. The Morgan fingerprint density at radius 1 is 1.44 bits per heavy atom. The molecule has 0 spiro atoms. The van der Waals surface area contributed by atoms with Crippen molar-refractivity contribution in [3.63, 3.8) is 0 Å². The van der Waals surface area contributed by atoms with Crippen LogP contribution < -0.4 is 0 Å². The molecule has 0 aromatic rings. The summed E-state index contributed by atoms with van der Waals surface area (Å²) in [5, 5.41) is 0. The zero-order valence-electron chi connectivity index (χ0n) is 10.0. The first-order valence-electron chi connectivity index (χ1n) is 5.97. The van der Waals surface area contributed by atoms with Crippen molar-refractivity contribution in [3.8, 4) is 0 Å². The molecule has 1 saturated heterocycles. The summed E-state index contributed by atoms with van der Waals surface area (Å²) < 4.78 is 0. The van der Waals surface area contributed by atoms with Crippen molar-refractivity contribution >= 4 is 0 Å². The molecule has 3 unspecified atom stereocenters. The van der Waals surface area contributed by atoms with Crippen molar-refractivity contribution in [3.05, 3.63) is 36.7 Å². The monoisotopic (exact) mass is 217 g/mol. The molecule has 3 heteroatoms. The molecule has 0 radical (unpaired) electrons. The molecule has 0 aromatic carbocycles. The van der Waals surface area contributed by atoms with Crippen LogP contribution in [0.4, 0.5) is 0 Å². The van der Waals surface area contributed by atoms with Crippen LogP contribution in [-0.4, -0.2) is 47.2 Å². The second kappa shape index (κ2) is 3.39. The Hall–Kier alpha value is -1.22. The second-order valence-electron chi connectivity index (χ2n) is 4.91. The van der Waals surface area contributed by atoms with E-state index in [2.05, 4.69) is 53.7 Å². The number of hydrogen-bond donors (Lipinski definition) is 0. The molecule has 3 aliphatic rings. The molecule has 0 N–H and O–H groups in total. The number of hydrogen-bond acceptors (Lipinski definition) is 3. The van der Waals surface area contributed by atoms with E-state index in [1.54, 1.807) is 0 Å². The Morgan fingerprint density at radius 2 is 2.25 bits per heavy atom. The van der Waals surface area contributed by atoms with Crippen molar-refractivity contribution in [2.75, 3.05) is 14.1 Å². The van der Waals surface area contributed by atoms with E-state index in [0.29, 0.717) is 18.4 Å². The number of fused-ring (bicyclic) bond motifs is 3. The Bertz CT molecular complexity index is 371. The summed E-state index contributed by atoms with van der Waals surface area (Å²) in [7, 11) is 4.38. The number of allylic oxidation sites excluding steroid dienone is 2. The van der Waals surface area contributed by atoms with E-state index in [9.17, 15) is 0 Å². The molecule has 0 amide bonds. The van der Waals surface area contributed by atoms with E-state index < -0.39 is 0 Å². The summed E-state index contributed by atoms with van der Waals surface area (Å²) >= 11 is 0. The van der Waals surface area contributed by atoms with Gasteiger partial charge in [0.05, 0.1) is 11.7 Å². The molecule has 2 heterocycles. The van der Waals surface area contributed by atoms with Crippen LogP contribution in [0.25, 0.3) is 0 Å². The SMILES string of the molecule is C=CC1=CN(C)C2N(C)C3CCC=CC3N12. The van der Waals surface area contributed by atoms with Gasteiger partial charge in [0.1, 0.15) is 0 Å². The molecule has 3 rings (SSSR count). The van der Waals surface area contributed by atoms with Gasteiger partial charge in [-0.25, -0.2) is 0 Å². The van der Waals surface area contributed by atoms with Gasteiger partial charge in [0.25, 0.3) is 0 Å². The molecule has 3 nitrogen and oxygen atoms in total. The Labute approximate surface area is 97.3 Å². The third kappa shape index (κ3) is 1.12. The highest BCUT2D eigenvalue weighted by atomic mass is 15.6. The van der Waals surface area contributed by atoms with Crippen molar-refractivity contribution < 1.29 is 0 Å². The molecular formula is C13H19N3. The Balaban J connectivity index is 2.00. The van der Waals surface area contributed by atoms with Crippen LogP contribution in [0.3, 0.4) is 0 Å². The third-order valence-corrected chi connectivity index (χ3v) is 4.02. The summed E-state index contributed by atoms with van der Waals surface area (Å²) in [6.07, 6.45) is 11.7. The van der Waals surface area contributed by atoms with Gasteiger partial charge in [-0.05, 0) is 26.0 Å². The van der Waals surface area contributed by atoms with Crippen LogP contribution in [0.2, 0.25) is 0 Å². The van der Waals surface area contributed by atoms with Gasteiger partial charge in [-0.3, -0.25) is 4.90 Å². The molecular weight excluding hydrogens is 198 g/mol. The molecule has 0 bridgehead atoms. The number of likely N-dealkylation sites (N-methyl/N-ethyl adjacent to an activating group) is 1. The number of nitrogens with zero attached hydrogens (tertiary/aromatic N) is 3. The van der Waals surface area contributed by atoms with Gasteiger partial charge < -0.3 is 9.80 Å². The topological polar surface area (TPSA) is 9.72 Å². The third-order valence-electron chi connectivity index (χ3n) is 4.02. The Kier molecular flexibility index (Phi) is 2.11. The van der Waals surface area contributed by atoms with Crippen LogP contribution in [0.1, 0.15) is 12.8 Å². The van der Waals surface area contributed by atoms with Gasteiger partial charge in [0.15, 0.2) is 6.29 Å². The molecule has 1 fully saturated rings. The summed E-state index contributed by atoms with van der Waals surface area (Å²) in [6, 6.07) is 1.18. The minimum atomic E-state index is 0.380. The first-order chi connectivity index (χ1) is 7.74. The summed E-state index contributed by atoms with van der Waals surface area (Å²) in [4.78, 5) is 7.25. The maximum atomic E-state index is 3.92. The predicted molar refractivity (Wildman–Crippen MR) is 65.4 cm³/mol. The van der Waals surface area contributed by atoms with E-state index in [0.717, 1.165) is 0 Å². The van der Waals surface area contributed by atoms with Crippen LogP contribution in [0, 0.1) is 0 Å². The van der Waals surface area contributed by atoms with Gasteiger partial charge in [-0.2, -0.15) is 0 Å². The first-order valence-corrected chi connectivity index (χ1v) is 5.97. The molecule has 3 atom stereocenters. The van der Waals surface area contributed by atoms with E-state index in [1.807, 2.05) is 6.08 Å². The summed E-state index contributed by atoms with van der Waals surface area (Å²) in [5.41, 5.74) is 1.25. The van der Waals surface area contributed by atoms with E-state index in [1.165, 1.54) is 18.5 Å². The zero-order valence-corrected chi connectivity index (χ0v) is 10.0. The Morgan fingerprint density at radius 3 is 3.00 bits per heavy atom. The van der Waals surface area contributed by atoms with Crippen LogP contribution >= 0.6 is 0 Å². The van der Waals surface area contributed by atoms with Gasteiger partial charge >= 0.3 is 0 Å². The van der Waals surface area contributed by atoms with Crippen LogP contribution in [0.15, 0.2) is 36.7 Å². The smallest absolute Gasteiger partial charge is 0.160 e. The minimum Gasteiger partial charge on any atom is -0.346 e. The highest BCUT2D eigenvalue weighted by Crippen LogP contribution is 2.39. The molecule has 0 saturated carbocycles. The lowest BCUT2D eigenvalue weighted by molar-refractivity contribution is 0.0799. The normalized spacial score (nSPS) is 37.4. The van der Waals surface area contributed by atoms with E-state index in [-0.39, 0.29) is 0 Å². The van der Waals surface area contributed by atoms with Gasteiger partial charge in [0.2, 0.25) is 0 Å². The highest BCUT2D eigenvalue weighted by Gasteiger charge is 2.48. The van der Waals surface area contributed by atoms with Crippen molar-refractivity contribution in [1.82, 2.24) is 14.7 Å². The lowest BCUT2D eigenvalue weighted by atomic mass is 9.96. The van der Waals surface area contributed by atoms with E-state index in [4.69, 9.17) is 0 Å². The van der Waals surface area contributed by atoms with Crippen molar-refractivity contribution in [1.29, 1.82) is 0 Å². The fraction of sp³-hybridized carbons (Fsp3) is 0.538. The first kappa shape index (κ1) is 9.97. The van der Waals surface area contributed by atoms with Gasteiger partial charge in [-0.1, -0.05) is 18.7 Å². The standard InChI is InChI=1S/C13H19N3/c1-4-10-9-14(2)13-15(3)11-7-5-6-8-12(11)16(10)13/h4,6,8-9,11-13H,1,5,7H2,2-3H3. The van der Waals surface area contributed by atoms with Crippen molar-refractivity contribution in [2.45, 2.75) is 31.2 Å². The number of rotatable bonds is 1. The average Bonchev–Trinajstić information content (AvgIpc) is 2.78. The molecule has 0 aromatic heterocycles. The minimum absolute atomic E-state index is 0.380. The summed E-state index contributed by atoms with van der Waals surface area (Å²) in [5.74, 6) is 0. The van der Waals surface area contributed by atoms with Crippen LogP contribution in [0.5, 0.6) is 0 Å². The zero-order chi connectivity index (χ0) is 11.3. The fourth-order valence-electron chi connectivity index (χ4n) is 3.33. The summed E-state index contributed by atoms with van der Waals surface area (Å²) in [6.45, 7) is 3.92.